The Balaban J connectivity index is 2.18. The molecule has 1 aromatic carbocycles. The summed E-state index contributed by atoms with van der Waals surface area (Å²) < 4.78 is 37.3. The van der Waals surface area contributed by atoms with Crippen LogP contribution in [0.3, 0.4) is 0 Å². The van der Waals surface area contributed by atoms with E-state index in [0.29, 0.717) is 12.0 Å². The topological polar surface area (TPSA) is 12.0 Å². The van der Waals surface area contributed by atoms with Crippen molar-refractivity contribution in [1.29, 1.82) is 0 Å². The highest BCUT2D eigenvalue weighted by atomic mass is 19.4. The molecule has 4 heteroatoms. The minimum Gasteiger partial charge on any atom is -0.316 e. The Morgan fingerprint density at radius 2 is 1.76 bits per heavy atom. The number of likely N-dealkylation sites (N-methyl/N-ethyl adjacent to an activating group) is 1. The molecule has 0 aromatic heterocycles. The maximum Gasteiger partial charge on any atom is 0.416 e. The number of nitrogens with one attached hydrogen (secondary N) is 1. The van der Waals surface area contributed by atoms with Crippen LogP contribution in [0.15, 0.2) is 24.3 Å². The van der Waals surface area contributed by atoms with Crippen molar-refractivity contribution in [2.24, 2.45) is 0 Å². The molecular formula is C13H16F3N. The van der Waals surface area contributed by atoms with E-state index in [1.807, 2.05) is 7.05 Å². The molecule has 0 bridgehead atoms. The molecule has 1 aliphatic rings. The van der Waals surface area contributed by atoms with E-state index in [1.165, 1.54) is 12.1 Å². The highest BCUT2D eigenvalue weighted by Gasteiger charge is 2.31. The zero-order valence-electron chi connectivity index (χ0n) is 9.72. The first-order valence-corrected chi connectivity index (χ1v) is 5.87. The summed E-state index contributed by atoms with van der Waals surface area (Å²) in [5, 5.41) is 3.24. The summed E-state index contributed by atoms with van der Waals surface area (Å²) in [4.78, 5) is 0. The second-order valence-electron chi connectivity index (χ2n) is 4.55. The molecule has 2 rings (SSSR count). The van der Waals surface area contributed by atoms with E-state index in [4.69, 9.17) is 0 Å². The van der Waals surface area contributed by atoms with Gasteiger partial charge in [0, 0.05) is 6.04 Å². The maximum atomic E-state index is 12.4. The Morgan fingerprint density at radius 3 is 2.29 bits per heavy atom. The van der Waals surface area contributed by atoms with Crippen LogP contribution in [0.4, 0.5) is 13.2 Å². The second-order valence-corrected chi connectivity index (χ2v) is 4.55. The van der Waals surface area contributed by atoms with Crippen molar-refractivity contribution in [2.45, 2.75) is 37.4 Å². The lowest BCUT2D eigenvalue weighted by molar-refractivity contribution is -0.137. The summed E-state index contributed by atoms with van der Waals surface area (Å²) in [6, 6.07) is 5.99. The molecule has 0 amide bonds. The van der Waals surface area contributed by atoms with Gasteiger partial charge in [-0.3, -0.25) is 0 Å². The minimum absolute atomic E-state index is 0.349. The Kier molecular flexibility index (Phi) is 3.43. The average molecular weight is 243 g/mol. The van der Waals surface area contributed by atoms with Crippen LogP contribution in [0.1, 0.15) is 36.3 Å². The van der Waals surface area contributed by atoms with E-state index in [0.717, 1.165) is 24.8 Å². The van der Waals surface area contributed by atoms with Crippen LogP contribution < -0.4 is 5.32 Å². The number of benzene rings is 1. The number of halogens is 3. The highest BCUT2D eigenvalue weighted by Crippen LogP contribution is 2.36. The van der Waals surface area contributed by atoms with Gasteiger partial charge < -0.3 is 5.32 Å². The molecule has 94 valence electrons. The summed E-state index contributed by atoms with van der Waals surface area (Å²) in [6.07, 6.45) is -0.952. The fourth-order valence-corrected chi connectivity index (χ4v) is 2.62. The van der Waals surface area contributed by atoms with Gasteiger partial charge in [0.25, 0.3) is 0 Å². The van der Waals surface area contributed by atoms with Gasteiger partial charge in [0.05, 0.1) is 5.56 Å². The summed E-state index contributed by atoms with van der Waals surface area (Å²) in [7, 11) is 1.91. The molecule has 17 heavy (non-hydrogen) atoms. The van der Waals surface area contributed by atoms with Crippen LogP contribution in [0, 0.1) is 0 Å². The first-order valence-electron chi connectivity index (χ1n) is 5.87. The third-order valence-corrected chi connectivity index (χ3v) is 3.55. The molecule has 1 nitrogen and oxygen atoms in total. The smallest absolute Gasteiger partial charge is 0.316 e. The van der Waals surface area contributed by atoms with E-state index in [-0.39, 0.29) is 0 Å². The van der Waals surface area contributed by atoms with E-state index in [2.05, 4.69) is 5.32 Å². The lowest BCUT2D eigenvalue weighted by atomic mass is 9.93. The van der Waals surface area contributed by atoms with Crippen molar-refractivity contribution < 1.29 is 13.2 Å². The molecule has 1 saturated carbocycles. The molecule has 0 radical (unpaired) electrons. The zero-order valence-corrected chi connectivity index (χ0v) is 9.72. The normalized spacial score (nSPS) is 25.2. The van der Waals surface area contributed by atoms with Crippen molar-refractivity contribution in [1.82, 2.24) is 5.32 Å². The Labute approximate surface area is 99.0 Å². The molecule has 0 aliphatic heterocycles. The summed E-state index contributed by atoms with van der Waals surface area (Å²) in [5.41, 5.74) is 0.440. The van der Waals surface area contributed by atoms with Crippen LogP contribution >= 0.6 is 0 Å². The molecule has 1 N–H and O–H groups in total. The van der Waals surface area contributed by atoms with Gasteiger partial charge in [0.15, 0.2) is 0 Å². The molecule has 1 aliphatic carbocycles. The molecule has 1 fully saturated rings. The molecule has 0 saturated heterocycles. The molecule has 2 atom stereocenters. The van der Waals surface area contributed by atoms with Gasteiger partial charge in [0.2, 0.25) is 0 Å². The quantitative estimate of drug-likeness (QED) is 0.837. The summed E-state index contributed by atoms with van der Waals surface area (Å²) >= 11 is 0. The number of hydrogen-bond acceptors (Lipinski definition) is 1. The lowest BCUT2D eigenvalue weighted by Crippen LogP contribution is -2.27. The van der Waals surface area contributed by atoms with Crippen LogP contribution in [0.5, 0.6) is 0 Å². The van der Waals surface area contributed by atoms with Crippen LogP contribution in [-0.4, -0.2) is 13.1 Å². The van der Waals surface area contributed by atoms with Gasteiger partial charge in [0.1, 0.15) is 0 Å². The average Bonchev–Trinajstić information content (AvgIpc) is 2.76. The first-order chi connectivity index (χ1) is 8.02. The van der Waals surface area contributed by atoms with Gasteiger partial charge in [-0.1, -0.05) is 18.6 Å². The fourth-order valence-electron chi connectivity index (χ4n) is 2.62. The van der Waals surface area contributed by atoms with Crippen molar-refractivity contribution in [2.75, 3.05) is 7.05 Å². The van der Waals surface area contributed by atoms with E-state index in [9.17, 15) is 13.2 Å². The first kappa shape index (κ1) is 12.4. The monoisotopic (exact) mass is 243 g/mol. The Morgan fingerprint density at radius 1 is 1.12 bits per heavy atom. The van der Waals surface area contributed by atoms with Gasteiger partial charge in [-0.2, -0.15) is 13.2 Å². The van der Waals surface area contributed by atoms with E-state index < -0.39 is 11.7 Å². The van der Waals surface area contributed by atoms with Crippen molar-refractivity contribution in [3.8, 4) is 0 Å². The van der Waals surface area contributed by atoms with Crippen LogP contribution in [0.2, 0.25) is 0 Å². The molecule has 0 heterocycles. The second kappa shape index (κ2) is 4.69. The Bertz CT molecular complexity index is 369. The molecule has 0 unspecified atom stereocenters. The fraction of sp³-hybridized carbons (Fsp3) is 0.538. The standard InChI is InChI=1S/C13H16F3N/c1-17-12-4-2-3-11(12)9-5-7-10(8-6-9)13(14,15)16/h5-8,11-12,17H,2-4H2,1H3/t11-,12+/m0/s1. The maximum absolute atomic E-state index is 12.4. The number of alkyl halides is 3. The summed E-state index contributed by atoms with van der Waals surface area (Å²) in [6.45, 7) is 0. The van der Waals surface area contributed by atoms with Crippen LogP contribution in [0.25, 0.3) is 0 Å². The molecular weight excluding hydrogens is 227 g/mol. The van der Waals surface area contributed by atoms with Crippen LogP contribution in [-0.2, 0) is 6.18 Å². The largest absolute Gasteiger partial charge is 0.416 e. The van der Waals surface area contributed by atoms with Gasteiger partial charge >= 0.3 is 6.18 Å². The van der Waals surface area contributed by atoms with Gasteiger partial charge in [-0.15, -0.1) is 0 Å². The SMILES string of the molecule is CN[C@@H]1CCC[C@H]1c1ccc(C(F)(F)F)cc1. The lowest BCUT2D eigenvalue weighted by Gasteiger charge is -2.19. The number of hydrogen-bond donors (Lipinski definition) is 1. The number of rotatable bonds is 2. The van der Waals surface area contributed by atoms with E-state index in [1.54, 1.807) is 12.1 Å². The molecule has 1 aromatic rings. The minimum atomic E-state index is -4.24. The van der Waals surface area contributed by atoms with Crippen molar-refractivity contribution >= 4 is 0 Å². The Hall–Kier alpha value is -1.03. The third kappa shape index (κ3) is 2.63. The predicted octanol–water partition coefficient (Wildman–Crippen LogP) is 3.56. The zero-order chi connectivity index (χ0) is 12.5. The van der Waals surface area contributed by atoms with Crippen molar-refractivity contribution in [3.05, 3.63) is 35.4 Å². The van der Waals surface area contributed by atoms with E-state index >= 15 is 0 Å². The highest BCUT2D eigenvalue weighted by molar-refractivity contribution is 5.28. The van der Waals surface area contributed by atoms with Gasteiger partial charge in [-0.25, -0.2) is 0 Å². The van der Waals surface area contributed by atoms with Gasteiger partial charge in [-0.05, 0) is 43.5 Å². The third-order valence-electron chi connectivity index (χ3n) is 3.55. The van der Waals surface area contributed by atoms with Crippen molar-refractivity contribution in [3.63, 3.8) is 0 Å². The predicted molar refractivity (Wildman–Crippen MR) is 60.9 cm³/mol. The summed E-state index contributed by atoms with van der Waals surface area (Å²) in [5.74, 6) is 0.349. The molecule has 0 spiro atoms.